The van der Waals surface area contributed by atoms with Gasteiger partial charge in [-0.2, -0.15) is 0 Å². The van der Waals surface area contributed by atoms with Crippen LogP contribution in [0.4, 0.5) is 10.1 Å². The van der Waals surface area contributed by atoms with Gasteiger partial charge in [0, 0.05) is 18.3 Å². The van der Waals surface area contributed by atoms with E-state index in [0.29, 0.717) is 17.8 Å². The molecule has 6 N–H and O–H groups in total. The van der Waals surface area contributed by atoms with Crippen LogP contribution in [0, 0.1) is 5.82 Å². The van der Waals surface area contributed by atoms with Gasteiger partial charge in [-0.25, -0.2) is 4.39 Å². The zero-order chi connectivity index (χ0) is 9.14. The van der Waals surface area contributed by atoms with Crippen LogP contribution in [0.3, 0.4) is 0 Å². The number of nitrogen functional groups attached to an aromatic ring is 1. The molecular formula is C8H12FN3. The maximum Gasteiger partial charge on any atom is 0.125 e. The van der Waals surface area contributed by atoms with E-state index in [-0.39, 0.29) is 11.9 Å². The number of hydrogen-bond donors (Lipinski definition) is 3. The first-order valence-electron chi connectivity index (χ1n) is 3.65. The van der Waals surface area contributed by atoms with Crippen molar-refractivity contribution in [1.29, 1.82) is 0 Å². The molecule has 1 aromatic carbocycles. The topological polar surface area (TPSA) is 78.1 Å². The summed E-state index contributed by atoms with van der Waals surface area (Å²) in [5, 5.41) is 0. The quantitative estimate of drug-likeness (QED) is 0.559. The van der Waals surface area contributed by atoms with Crippen LogP contribution in [0.25, 0.3) is 0 Å². The van der Waals surface area contributed by atoms with Crippen LogP contribution in [-0.4, -0.2) is 6.54 Å². The van der Waals surface area contributed by atoms with Crippen LogP contribution >= 0.6 is 0 Å². The molecule has 0 spiro atoms. The van der Waals surface area contributed by atoms with Crippen LogP contribution in [0.15, 0.2) is 18.2 Å². The number of rotatable bonds is 2. The highest BCUT2D eigenvalue weighted by Gasteiger charge is 2.07. The Bertz CT molecular complexity index is 275. The molecule has 4 heteroatoms. The second kappa shape index (κ2) is 3.51. The van der Waals surface area contributed by atoms with Crippen molar-refractivity contribution in [3.8, 4) is 0 Å². The van der Waals surface area contributed by atoms with Crippen molar-refractivity contribution in [3.05, 3.63) is 29.6 Å². The van der Waals surface area contributed by atoms with Gasteiger partial charge in [0.25, 0.3) is 0 Å². The van der Waals surface area contributed by atoms with E-state index in [1.54, 1.807) is 6.07 Å². The Morgan fingerprint density at radius 3 is 2.58 bits per heavy atom. The minimum absolute atomic E-state index is 0.301. The van der Waals surface area contributed by atoms with E-state index in [1.807, 2.05) is 0 Å². The van der Waals surface area contributed by atoms with Crippen molar-refractivity contribution in [1.82, 2.24) is 0 Å². The molecule has 66 valence electrons. The third-order valence-corrected chi connectivity index (χ3v) is 1.70. The maximum atomic E-state index is 12.6. The van der Waals surface area contributed by atoms with E-state index >= 15 is 0 Å². The third-order valence-electron chi connectivity index (χ3n) is 1.70. The summed E-state index contributed by atoms with van der Waals surface area (Å²) in [6.07, 6.45) is 0. The molecule has 0 amide bonds. The van der Waals surface area contributed by atoms with Crippen LogP contribution in [0.5, 0.6) is 0 Å². The molecule has 0 radical (unpaired) electrons. The van der Waals surface area contributed by atoms with Gasteiger partial charge in [-0.3, -0.25) is 0 Å². The lowest BCUT2D eigenvalue weighted by Crippen LogP contribution is -2.21. The Morgan fingerprint density at radius 1 is 1.42 bits per heavy atom. The molecule has 0 bridgehead atoms. The van der Waals surface area contributed by atoms with Gasteiger partial charge in [-0.15, -0.1) is 0 Å². The number of benzene rings is 1. The summed E-state index contributed by atoms with van der Waals surface area (Å²) in [5.74, 6) is -0.361. The van der Waals surface area contributed by atoms with E-state index in [1.165, 1.54) is 12.1 Å². The molecule has 0 aromatic heterocycles. The Hall–Kier alpha value is -1.13. The number of anilines is 1. The van der Waals surface area contributed by atoms with Crippen LogP contribution in [-0.2, 0) is 0 Å². The average molecular weight is 169 g/mol. The van der Waals surface area contributed by atoms with Crippen molar-refractivity contribution < 1.29 is 4.39 Å². The Morgan fingerprint density at radius 2 is 2.08 bits per heavy atom. The van der Waals surface area contributed by atoms with Gasteiger partial charge in [0.1, 0.15) is 5.82 Å². The first-order valence-corrected chi connectivity index (χ1v) is 3.65. The lowest BCUT2D eigenvalue weighted by atomic mass is 10.1. The van der Waals surface area contributed by atoms with E-state index in [4.69, 9.17) is 17.2 Å². The molecule has 0 saturated heterocycles. The standard InChI is InChI=1S/C8H12FN3/c9-5-1-2-6(7(11)3-5)8(12)4-10/h1-3,8H,4,10-12H2/t8-/m0/s1. The second-order valence-electron chi connectivity index (χ2n) is 2.62. The third kappa shape index (κ3) is 1.72. The van der Waals surface area contributed by atoms with Crippen molar-refractivity contribution in [3.63, 3.8) is 0 Å². The SMILES string of the molecule is NC[C@H](N)c1ccc(F)cc1N. The van der Waals surface area contributed by atoms with E-state index < -0.39 is 0 Å². The summed E-state index contributed by atoms with van der Waals surface area (Å²) in [5.41, 5.74) is 17.5. The summed E-state index contributed by atoms with van der Waals surface area (Å²) in [7, 11) is 0. The summed E-state index contributed by atoms with van der Waals surface area (Å²) in [6, 6.07) is 3.81. The fourth-order valence-electron chi connectivity index (χ4n) is 1.01. The zero-order valence-corrected chi connectivity index (χ0v) is 6.63. The normalized spacial score (nSPS) is 12.9. The lowest BCUT2D eigenvalue weighted by molar-refractivity contribution is 0.626. The molecule has 0 saturated carbocycles. The number of halogens is 1. The second-order valence-corrected chi connectivity index (χ2v) is 2.62. The molecule has 12 heavy (non-hydrogen) atoms. The molecule has 1 rings (SSSR count). The van der Waals surface area contributed by atoms with Gasteiger partial charge in [0.05, 0.1) is 0 Å². The van der Waals surface area contributed by atoms with Gasteiger partial charge in [0.2, 0.25) is 0 Å². The van der Waals surface area contributed by atoms with Gasteiger partial charge in [0.15, 0.2) is 0 Å². The monoisotopic (exact) mass is 169 g/mol. The number of hydrogen-bond acceptors (Lipinski definition) is 3. The van der Waals surface area contributed by atoms with Crippen LogP contribution < -0.4 is 17.2 Å². The molecule has 0 aliphatic rings. The smallest absolute Gasteiger partial charge is 0.125 e. The van der Waals surface area contributed by atoms with E-state index in [2.05, 4.69) is 0 Å². The highest BCUT2D eigenvalue weighted by Crippen LogP contribution is 2.18. The fraction of sp³-hybridized carbons (Fsp3) is 0.250. The molecule has 3 nitrogen and oxygen atoms in total. The zero-order valence-electron chi connectivity index (χ0n) is 6.63. The molecule has 1 atom stereocenters. The van der Waals surface area contributed by atoms with Crippen molar-refractivity contribution in [2.24, 2.45) is 11.5 Å². The Balaban J connectivity index is 3.01. The summed E-state index contributed by atoms with van der Waals surface area (Å²) >= 11 is 0. The minimum Gasteiger partial charge on any atom is -0.398 e. The molecule has 0 aliphatic carbocycles. The van der Waals surface area contributed by atoms with Gasteiger partial charge in [-0.1, -0.05) is 6.07 Å². The van der Waals surface area contributed by atoms with E-state index in [0.717, 1.165) is 0 Å². The van der Waals surface area contributed by atoms with Crippen molar-refractivity contribution in [2.45, 2.75) is 6.04 Å². The average Bonchev–Trinajstić information content (AvgIpc) is 2.03. The van der Waals surface area contributed by atoms with Crippen molar-refractivity contribution in [2.75, 3.05) is 12.3 Å². The first-order chi connectivity index (χ1) is 5.65. The summed E-state index contributed by atoms with van der Waals surface area (Å²) in [4.78, 5) is 0. The largest absolute Gasteiger partial charge is 0.398 e. The van der Waals surface area contributed by atoms with Crippen LogP contribution in [0.2, 0.25) is 0 Å². The van der Waals surface area contributed by atoms with Gasteiger partial charge >= 0.3 is 0 Å². The van der Waals surface area contributed by atoms with Gasteiger partial charge < -0.3 is 17.2 Å². The van der Waals surface area contributed by atoms with Crippen LogP contribution in [0.1, 0.15) is 11.6 Å². The summed E-state index contributed by atoms with van der Waals surface area (Å²) in [6.45, 7) is 0.301. The number of nitrogens with two attached hydrogens (primary N) is 3. The molecule has 0 aliphatic heterocycles. The lowest BCUT2D eigenvalue weighted by Gasteiger charge is -2.11. The molecule has 1 aromatic rings. The molecule has 0 unspecified atom stereocenters. The summed E-state index contributed by atoms with van der Waals surface area (Å²) < 4.78 is 12.6. The fourth-order valence-corrected chi connectivity index (χ4v) is 1.01. The predicted molar refractivity (Wildman–Crippen MR) is 46.8 cm³/mol. The Kier molecular flexibility index (Phi) is 2.62. The predicted octanol–water partition coefficient (Wildman–Crippen LogP) is 0.366. The minimum atomic E-state index is -0.361. The molecule has 0 fully saturated rings. The van der Waals surface area contributed by atoms with E-state index in [9.17, 15) is 4.39 Å². The van der Waals surface area contributed by atoms with Gasteiger partial charge in [-0.05, 0) is 17.7 Å². The Labute approximate surface area is 70.3 Å². The highest BCUT2D eigenvalue weighted by atomic mass is 19.1. The molecule has 0 heterocycles. The molecular weight excluding hydrogens is 157 g/mol. The van der Waals surface area contributed by atoms with Crippen molar-refractivity contribution >= 4 is 5.69 Å². The first kappa shape index (κ1) is 8.96. The highest BCUT2D eigenvalue weighted by molar-refractivity contribution is 5.48. The maximum absolute atomic E-state index is 12.6.